The molecule has 1 aromatic rings. The van der Waals surface area contributed by atoms with E-state index < -0.39 is 23.6 Å². The van der Waals surface area contributed by atoms with Crippen LogP contribution < -0.4 is 0 Å². The molecule has 3 unspecified atom stereocenters. The van der Waals surface area contributed by atoms with E-state index >= 15 is 0 Å². The van der Waals surface area contributed by atoms with Gasteiger partial charge >= 0.3 is 0 Å². The molecule has 2 aliphatic carbocycles. The highest BCUT2D eigenvalue weighted by molar-refractivity contribution is 5.23. The fourth-order valence-electron chi connectivity index (χ4n) is 3.04. The van der Waals surface area contributed by atoms with Crippen LogP contribution in [0.3, 0.4) is 0 Å². The lowest BCUT2D eigenvalue weighted by Gasteiger charge is -2.20. The van der Waals surface area contributed by atoms with E-state index in [-0.39, 0.29) is 11.5 Å². The molecule has 3 atom stereocenters. The molecule has 0 radical (unpaired) electrons. The Balaban J connectivity index is 1.85. The summed E-state index contributed by atoms with van der Waals surface area (Å²) in [5.41, 5.74) is -0.116. The second kappa shape index (κ2) is 3.73. The summed E-state index contributed by atoms with van der Waals surface area (Å²) in [5, 5.41) is 10.0. The van der Waals surface area contributed by atoms with E-state index in [4.69, 9.17) is 0 Å². The van der Waals surface area contributed by atoms with Crippen LogP contribution in [-0.2, 0) is 0 Å². The van der Waals surface area contributed by atoms with Gasteiger partial charge in [-0.25, -0.2) is 13.2 Å². The Morgan fingerprint density at radius 3 is 2.29 bits per heavy atom. The molecule has 0 aliphatic heterocycles. The summed E-state index contributed by atoms with van der Waals surface area (Å²) in [6.07, 6.45) is 1.91. The van der Waals surface area contributed by atoms with Crippen LogP contribution in [0.5, 0.6) is 0 Å². The van der Waals surface area contributed by atoms with Crippen LogP contribution in [0.4, 0.5) is 13.2 Å². The van der Waals surface area contributed by atoms with Gasteiger partial charge in [-0.3, -0.25) is 0 Å². The fraction of sp³-hybridized carbons (Fsp3) is 0.538. The smallest absolute Gasteiger partial charge is 0.194 e. The van der Waals surface area contributed by atoms with E-state index in [9.17, 15) is 18.3 Å². The zero-order valence-corrected chi connectivity index (χ0v) is 9.17. The average Bonchev–Trinajstić information content (AvgIpc) is 2.93. The Hall–Kier alpha value is -1.03. The van der Waals surface area contributed by atoms with Crippen molar-refractivity contribution in [1.29, 1.82) is 0 Å². The van der Waals surface area contributed by atoms with Gasteiger partial charge in [0.2, 0.25) is 0 Å². The van der Waals surface area contributed by atoms with Gasteiger partial charge in [0.05, 0.1) is 6.10 Å². The molecular weight excluding hydrogens is 229 g/mol. The van der Waals surface area contributed by atoms with E-state index in [0.29, 0.717) is 11.8 Å². The third-order valence-electron chi connectivity index (χ3n) is 4.11. The monoisotopic (exact) mass is 242 g/mol. The van der Waals surface area contributed by atoms with E-state index in [0.717, 1.165) is 25.0 Å². The third kappa shape index (κ3) is 1.75. The van der Waals surface area contributed by atoms with Crippen molar-refractivity contribution in [2.24, 2.45) is 17.8 Å². The van der Waals surface area contributed by atoms with Crippen LogP contribution in [0.25, 0.3) is 0 Å². The van der Waals surface area contributed by atoms with Crippen molar-refractivity contribution < 1.29 is 18.3 Å². The first kappa shape index (κ1) is 11.1. The SMILES string of the molecule is OC(c1ccc(F)c(F)c1F)C1CC2CC2C1. The van der Waals surface area contributed by atoms with Gasteiger partial charge in [0.1, 0.15) is 0 Å². The first-order valence-corrected chi connectivity index (χ1v) is 5.89. The molecule has 2 fully saturated rings. The van der Waals surface area contributed by atoms with E-state index in [1.54, 1.807) is 0 Å². The van der Waals surface area contributed by atoms with Gasteiger partial charge in [0.25, 0.3) is 0 Å². The van der Waals surface area contributed by atoms with Gasteiger partial charge in [-0.15, -0.1) is 0 Å². The predicted octanol–water partition coefficient (Wildman–Crippen LogP) is 3.18. The minimum absolute atomic E-state index is 0.0156. The van der Waals surface area contributed by atoms with Crippen molar-refractivity contribution in [2.45, 2.75) is 25.4 Å². The largest absolute Gasteiger partial charge is 0.388 e. The van der Waals surface area contributed by atoms with Crippen molar-refractivity contribution in [1.82, 2.24) is 0 Å². The predicted molar refractivity (Wildman–Crippen MR) is 55.6 cm³/mol. The number of aliphatic hydroxyl groups excluding tert-OH is 1. The number of hydrogen-bond donors (Lipinski definition) is 1. The highest BCUT2D eigenvalue weighted by Gasteiger charge is 2.48. The molecule has 2 saturated carbocycles. The first-order valence-electron chi connectivity index (χ1n) is 5.89. The molecule has 92 valence electrons. The van der Waals surface area contributed by atoms with E-state index in [1.807, 2.05) is 0 Å². The molecule has 0 aromatic heterocycles. The molecule has 17 heavy (non-hydrogen) atoms. The number of halogens is 3. The molecular formula is C13H13F3O. The van der Waals surface area contributed by atoms with Crippen molar-refractivity contribution in [3.63, 3.8) is 0 Å². The van der Waals surface area contributed by atoms with Crippen LogP contribution in [-0.4, -0.2) is 5.11 Å². The zero-order valence-electron chi connectivity index (χ0n) is 9.17. The van der Waals surface area contributed by atoms with Crippen LogP contribution in [0.15, 0.2) is 12.1 Å². The van der Waals surface area contributed by atoms with Gasteiger partial charge in [-0.2, -0.15) is 0 Å². The molecule has 3 rings (SSSR count). The molecule has 4 heteroatoms. The van der Waals surface area contributed by atoms with Gasteiger partial charge in [-0.1, -0.05) is 6.07 Å². The summed E-state index contributed by atoms with van der Waals surface area (Å²) < 4.78 is 39.3. The highest BCUT2D eigenvalue weighted by Crippen LogP contribution is 2.57. The maximum atomic E-state index is 13.5. The van der Waals surface area contributed by atoms with Crippen molar-refractivity contribution in [3.05, 3.63) is 35.1 Å². The Kier molecular flexibility index (Phi) is 2.43. The molecule has 1 nitrogen and oxygen atoms in total. The van der Waals surface area contributed by atoms with Gasteiger partial charge in [0.15, 0.2) is 17.5 Å². The maximum absolute atomic E-state index is 13.5. The summed E-state index contributed by atoms with van der Waals surface area (Å²) in [6.45, 7) is 0. The molecule has 1 aromatic carbocycles. The average molecular weight is 242 g/mol. The molecule has 0 spiro atoms. The number of fused-ring (bicyclic) bond motifs is 1. The highest BCUT2D eigenvalue weighted by atomic mass is 19.2. The number of benzene rings is 1. The third-order valence-corrected chi connectivity index (χ3v) is 4.11. The maximum Gasteiger partial charge on any atom is 0.194 e. The molecule has 2 aliphatic rings. The Morgan fingerprint density at radius 1 is 1.00 bits per heavy atom. The zero-order chi connectivity index (χ0) is 12.2. The summed E-state index contributed by atoms with van der Waals surface area (Å²) in [5.74, 6) is -2.67. The normalized spacial score (nSPS) is 32.4. The lowest BCUT2D eigenvalue weighted by Crippen LogP contribution is -2.13. The quantitative estimate of drug-likeness (QED) is 0.790. The summed E-state index contributed by atoms with van der Waals surface area (Å²) in [6, 6.07) is 2.01. The number of aliphatic hydroxyl groups is 1. The van der Waals surface area contributed by atoms with E-state index in [2.05, 4.69) is 0 Å². The fourth-order valence-corrected chi connectivity index (χ4v) is 3.04. The molecule has 0 saturated heterocycles. The van der Waals surface area contributed by atoms with Crippen LogP contribution >= 0.6 is 0 Å². The Morgan fingerprint density at radius 2 is 1.65 bits per heavy atom. The molecule has 0 bridgehead atoms. The molecule has 1 N–H and O–H groups in total. The van der Waals surface area contributed by atoms with Crippen molar-refractivity contribution >= 4 is 0 Å². The van der Waals surface area contributed by atoms with Crippen molar-refractivity contribution in [3.8, 4) is 0 Å². The second-order valence-corrected chi connectivity index (χ2v) is 5.20. The minimum atomic E-state index is -1.50. The van der Waals surface area contributed by atoms with Gasteiger partial charge in [0, 0.05) is 5.56 Å². The standard InChI is InChI=1S/C13H13F3O/c14-10-2-1-9(11(15)12(10)16)13(17)8-4-6-3-7(6)5-8/h1-2,6-8,13,17H,3-5H2. The number of rotatable bonds is 2. The lowest BCUT2D eigenvalue weighted by atomic mass is 9.91. The van der Waals surface area contributed by atoms with E-state index in [1.165, 1.54) is 6.42 Å². The van der Waals surface area contributed by atoms with Crippen LogP contribution in [0, 0.1) is 35.2 Å². The molecule has 0 heterocycles. The van der Waals surface area contributed by atoms with Gasteiger partial charge in [-0.05, 0) is 43.1 Å². The summed E-state index contributed by atoms with van der Waals surface area (Å²) >= 11 is 0. The van der Waals surface area contributed by atoms with Gasteiger partial charge < -0.3 is 5.11 Å². The summed E-state index contributed by atoms with van der Waals surface area (Å²) in [7, 11) is 0. The lowest BCUT2D eigenvalue weighted by molar-refractivity contribution is 0.0996. The molecule has 0 amide bonds. The Bertz CT molecular complexity index is 450. The van der Waals surface area contributed by atoms with Crippen LogP contribution in [0.2, 0.25) is 0 Å². The summed E-state index contributed by atoms with van der Waals surface area (Å²) in [4.78, 5) is 0. The van der Waals surface area contributed by atoms with Crippen LogP contribution in [0.1, 0.15) is 30.9 Å². The number of hydrogen-bond acceptors (Lipinski definition) is 1. The minimum Gasteiger partial charge on any atom is -0.388 e. The Labute approximate surface area is 97.3 Å². The first-order chi connectivity index (χ1) is 8.08. The topological polar surface area (TPSA) is 20.2 Å². The van der Waals surface area contributed by atoms with Crippen molar-refractivity contribution in [2.75, 3.05) is 0 Å². The second-order valence-electron chi connectivity index (χ2n) is 5.20.